The Hall–Kier alpha value is -1.59. The number of hydrogen-bond donors (Lipinski definition) is 3. The van der Waals surface area contributed by atoms with Crippen molar-refractivity contribution in [3.05, 3.63) is 47.1 Å². The molecular formula is C14H16BrN3O. The quantitative estimate of drug-likeness (QED) is 0.788. The minimum Gasteiger partial charge on any atom is -0.361 e. The molecule has 1 aromatic heterocycles. The molecule has 4 N–H and O–H groups in total. The van der Waals surface area contributed by atoms with Gasteiger partial charge in [-0.1, -0.05) is 40.7 Å². The number of nitrogens with one attached hydrogen (secondary N) is 2. The second-order valence-electron chi connectivity index (χ2n) is 4.41. The van der Waals surface area contributed by atoms with Gasteiger partial charge >= 0.3 is 0 Å². The highest BCUT2D eigenvalue weighted by atomic mass is 79.9. The minimum atomic E-state index is -0.564. The Morgan fingerprint density at radius 1 is 1.47 bits per heavy atom. The van der Waals surface area contributed by atoms with Crippen LogP contribution in [0.4, 0.5) is 0 Å². The van der Waals surface area contributed by atoms with Crippen molar-refractivity contribution in [2.24, 2.45) is 5.73 Å². The van der Waals surface area contributed by atoms with Gasteiger partial charge in [-0.2, -0.15) is 0 Å². The predicted molar refractivity (Wildman–Crippen MR) is 81.1 cm³/mol. The Labute approximate surface area is 120 Å². The maximum atomic E-state index is 11.8. The third-order valence-corrected chi connectivity index (χ3v) is 3.19. The van der Waals surface area contributed by atoms with Crippen molar-refractivity contribution in [1.82, 2.24) is 10.3 Å². The van der Waals surface area contributed by atoms with E-state index in [9.17, 15) is 4.79 Å². The van der Waals surface area contributed by atoms with Crippen LogP contribution in [-0.2, 0) is 11.2 Å². The molecule has 0 saturated heterocycles. The fourth-order valence-electron chi connectivity index (χ4n) is 1.94. The Morgan fingerprint density at radius 3 is 2.95 bits per heavy atom. The first kappa shape index (κ1) is 13.8. The van der Waals surface area contributed by atoms with E-state index in [-0.39, 0.29) is 5.91 Å². The first-order valence-corrected chi connectivity index (χ1v) is 6.79. The van der Waals surface area contributed by atoms with E-state index in [2.05, 4.69) is 32.8 Å². The number of H-pyrrole nitrogens is 1. The number of carbonyl (C=O) groups is 1. The van der Waals surface area contributed by atoms with Gasteiger partial charge in [-0.15, -0.1) is 0 Å². The second kappa shape index (κ2) is 6.04. The number of carbonyl (C=O) groups excluding carboxylic acids is 1. The summed E-state index contributed by atoms with van der Waals surface area (Å²) in [5.74, 6) is -0.175. The molecule has 1 aromatic carbocycles. The number of amides is 1. The Bertz CT molecular complexity index is 606. The number of nitrogens with two attached hydrogens (primary N) is 1. The van der Waals surface area contributed by atoms with Gasteiger partial charge in [0.1, 0.15) is 0 Å². The topological polar surface area (TPSA) is 70.9 Å². The molecule has 0 radical (unpaired) electrons. The SMILES string of the molecule is C=C(Br)CNC(=O)[C@H](N)Cc1c[nH]c2ccccc12. The van der Waals surface area contributed by atoms with Crippen LogP contribution in [0, 0.1) is 0 Å². The molecule has 0 aliphatic heterocycles. The van der Waals surface area contributed by atoms with Crippen molar-refractivity contribution in [1.29, 1.82) is 0 Å². The molecule has 4 nitrogen and oxygen atoms in total. The largest absolute Gasteiger partial charge is 0.361 e. The van der Waals surface area contributed by atoms with Gasteiger partial charge in [0.05, 0.1) is 6.04 Å². The number of para-hydroxylation sites is 1. The van der Waals surface area contributed by atoms with Crippen LogP contribution < -0.4 is 11.1 Å². The van der Waals surface area contributed by atoms with Crippen LogP contribution in [0.25, 0.3) is 10.9 Å². The van der Waals surface area contributed by atoms with Crippen molar-refractivity contribution >= 4 is 32.7 Å². The van der Waals surface area contributed by atoms with Crippen molar-refractivity contribution in [2.45, 2.75) is 12.5 Å². The van der Waals surface area contributed by atoms with E-state index in [4.69, 9.17) is 5.73 Å². The number of hydrogen-bond acceptors (Lipinski definition) is 2. The summed E-state index contributed by atoms with van der Waals surface area (Å²) in [6.45, 7) is 4.05. The van der Waals surface area contributed by atoms with Crippen LogP contribution in [0.2, 0.25) is 0 Å². The van der Waals surface area contributed by atoms with E-state index < -0.39 is 6.04 Å². The highest BCUT2D eigenvalue weighted by Gasteiger charge is 2.15. The van der Waals surface area contributed by atoms with Gasteiger partial charge in [0.15, 0.2) is 0 Å². The predicted octanol–water partition coefficient (Wildman–Crippen LogP) is 2.06. The molecule has 0 saturated carbocycles. The molecule has 1 heterocycles. The van der Waals surface area contributed by atoms with Gasteiger partial charge < -0.3 is 16.0 Å². The molecule has 0 fully saturated rings. The summed E-state index contributed by atoms with van der Waals surface area (Å²) in [5.41, 5.74) is 8.02. The van der Waals surface area contributed by atoms with E-state index in [1.165, 1.54) is 0 Å². The minimum absolute atomic E-state index is 0.175. The maximum absolute atomic E-state index is 11.8. The molecule has 19 heavy (non-hydrogen) atoms. The van der Waals surface area contributed by atoms with Crippen LogP contribution in [0.15, 0.2) is 41.5 Å². The summed E-state index contributed by atoms with van der Waals surface area (Å²) in [6.07, 6.45) is 2.41. The molecular weight excluding hydrogens is 306 g/mol. The smallest absolute Gasteiger partial charge is 0.237 e. The van der Waals surface area contributed by atoms with Crippen molar-refractivity contribution in [2.75, 3.05) is 6.54 Å². The van der Waals surface area contributed by atoms with Gasteiger partial charge in [0, 0.05) is 28.1 Å². The van der Waals surface area contributed by atoms with Gasteiger partial charge in [-0.25, -0.2) is 0 Å². The number of aromatic nitrogens is 1. The zero-order chi connectivity index (χ0) is 13.8. The monoisotopic (exact) mass is 321 g/mol. The van der Waals surface area contributed by atoms with Gasteiger partial charge in [0.25, 0.3) is 0 Å². The highest BCUT2D eigenvalue weighted by molar-refractivity contribution is 9.11. The average Bonchev–Trinajstić information content (AvgIpc) is 2.79. The fourth-order valence-corrected chi connectivity index (χ4v) is 2.08. The lowest BCUT2D eigenvalue weighted by molar-refractivity contribution is -0.122. The summed E-state index contributed by atoms with van der Waals surface area (Å²) < 4.78 is 0.722. The van der Waals surface area contributed by atoms with Gasteiger partial charge in [-0.3, -0.25) is 4.79 Å². The Morgan fingerprint density at radius 2 is 2.21 bits per heavy atom. The number of aromatic amines is 1. The third kappa shape index (κ3) is 3.45. The van der Waals surface area contributed by atoms with Crippen molar-refractivity contribution in [3.8, 4) is 0 Å². The van der Waals surface area contributed by atoms with E-state index in [0.717, 1.165) is 20.9 Å². The summed E-state index contributed by atoms with van der Waals surface area (Å²) in [5, 5.41) is 3.83. The van der Waals surface area contributed by atoms with E-state index in [1.807, 2.05) is 30.5 Å². The summed E-state index contributed by atoms with van der Waals surface area (Å²) in [4.78, 5) is 15.0. The number of rotatable bonds is 5. The molecule has 2 rings (SSSR count). The second-order valence-corrected chi connectivity index (χ2v) is 5.53. The molecule has 0 unspecified atom stereocenters. The summed E-state index contributed by atoms with van der Waals surface area (Å²) in [6, 6.07) is 7.40. The van der Waals surface area contributed by atoms with E-state index in [0.29, 0.717) is 13.0 Å². The van der Waals surface area contributed by atoms with Gasteiger partial charge in [-0.05, 0) is 18.1 Å². The maximum Gasteiger partial charge on any atom is 0.237 e. The Balaban J connectivity index is 2.04. The van der Waals surface area contributed by atoms with Crippen LogP contribution in [0.1, 0.15) is 5.56 Å². The van der Waals surface area contributed by atoms with Crippen molar-refractivity contribution < 1.29 is 4.79 Å². The lowest BCUT2D eigenvalue weighted by atomic mass is 10.1. The highest BCUT2D eigenvalue weighted by Crippen LogP contribution is 2.18. The van der Waals surface area contributed by atoms with Gasteiger partial charge in [0.2, 0.25) is 5.91 Å². The van der Waals surface area contributed by atoms with Crippen molar-refractivity contribution in [3.63, 3.8) is 0 Å². The number of benzene rings is 1. The van der Waals surface area contributed by atoms with Crippen LogP contribution in [0.5, 0.6) is 0 Å². The summed E-state index contributed by atoms with van der Waals surface area (Å²) in [7, 11) is 0. The standard InChI is InChI=1S/C14H16BrN3O/c1-9(15)7-18-14(19)12(16)6-10-8-17-13-5-3-2-4-11(10)13/h2-5,8,12,17H,1,6-7,16H2,(H,18,19)/t12-/m1/s1. The first-order chi connectivity index (χ1) is 9.08. The zero-order valence-corrected chi connectivity index (χ0v) is 12.0. The fraction of sp³-hybridized carbons (Fsp3) is 0.214. The Kier molecular flexibility index (Phi) is 4.39. The molecule has 0 spiro atoms. The molecule has 0 aliphatic rings. The zero-order valence-electron chi connectivity index (χ0n) is 10.4. The number of fused-ring (bicyclic) bond motifs is 1. The molecule has 1 atom stereocenters. The normalized spacial score (nSPS) is 12.3. The molecule has 5 heteroatoms. The molecule has 100 valence electrons. The lowest BCUT2D eigenvalue weighted by Gasteiger charge is -2.11. The van der Waals surface area contributed by atoms with Crippen LogP contribution >= 0.6 is 15.9 Å². The summed E-state index contributed by atoms with van der Waals surface area (Å²) >= 11 is 3.19. The molecule has 0 bridgehead atoms. The lowest BCUT2D eigenvalue weighted by Crippen LogP contribution is -2.42. The van der Waals surface area contributed by atoms with E-state index in [1.54, 1.807) is 0 Å². The number of halogens is 1. The van der Waals surface area contributed by atoms with Crippen LogP contribution in [-0.4, -0.2) is 23.5 Å². The van der Waals surface area contributed by atoms with Crippen LogP contribution in [0.3, 0.4) is 0 Å². The third-order valence-electron chi connectivity index (χ3n) is 2.91. The molecule has 1 amide bonds. The molecule has 0 aliphatic carbocycles. The van der Waals surface area contributed by atoms with E-state index >= 15 is 0 Å². The molecule has 2 aromatic rings. The first-order valence-electron chi connectivity index (χ1n) is 5.99. The average molecular weight is 322 g/mol.